The fraction of sp³-hybridized carbons (Fsp3) is 0.143. The Morgan fingerprint density at radius 3 is 2.55 bits per heavy atom. The molecule has 0 atom stereocenters. The van der Waals surface area contributed by atoms with Gasteiger partial charge in [-0.05, 0) is 23.8 Å². The molecule has 0 radical (unpaired) electrons. The topological polar surface area (TPSA) is 64.4 Å². The number of halogens is 1. The molecule has 0 bridgehead atoms. The number of rotatable bonds is 5. The van der Waals surface area contributed by atoms with Crippen molar-refractivity contribution >= 4 is 11.4 Å². The fourth-order valence-electron chi connectivity index (χ4n) is 1.77. The summed E-state index contributed by atoms with van der Waals surface area (Å²) >= 11 is 0. The molecule has 0 aliphatic rings. The third-order valence-electron chi connectivity index (χ3n) is 2.82. The lowest BCUT2D eigenvalue weighted by atomic mass is 10.2. The van der Waals surface area contributed by atoms with Gasteiger partial charge in [-0.3, -0.25) is 10.1 Å². The van der Waals surface area contributed by atoms with Crippen LogP contribution in [0.25, 0.3) is 0 Å². The molecule has 0 fully saturated rings. The molecule has 6 heteroatoms. The summed E-state index contributed by atoms with van der Waals surface area (Å²) < 4.78 is 18.7. The number of nitro benzene ring substituents is 1. The molecule has 5 nitrogen and oxygen atoms in total. The monoisotopic (exact) mass is 276 g/mol. The number of nitrogens with one attached hydrogen (secondary N) is 1. The molecule has 20 heavy (non-hydrogen) atoms. The molecule has 2 aromatic carbocycles. The van der Waals surface area contributed by atoms with E-state index in [2.05, 4.69) is 5.32 Å². The van der Waals surface area contributed by atoms with Crippen LogP contribution in [0.1, 0.15) is 5.56 Å². The highest BCUT2D eigenvalue weighted by molar-refractivity contribution is 5.62. The fourth-order valence-corrected chi connectivity index (χ4v) is 1.77. The van der Waals surface area contributed by atoms with Gasteiger partial charge in [0, 0.05) is 12.6 Å². The second kappa shape index (κ2) is 6.01. The van der Waals surface area contributed by atoms with Crippen molar-refractivity contribution in [3.05, 3.63) is 64.0 Å². The molecule has 0 spiro atoms. The maximum absolute atomic E-state index is 13.6. The number of para-hydroxylation sites is 1. The first-order valence-corrected chi connectivity index (χ1v) is 5.91. The Bertz CT molecular complexity index is 614. The Morgan fingerprint density at radius 1 is 1.25 bits per heavy atom. The molecule has 0 aliphatic heterocycles. The van der Waals surface area contributed by atoms with Crippen molar-refractivity contribution < 1.29 is 14.1 Å². The van der Waals surface area contributed by atoms with Crippen molar-refractivity contribution in [1.82, 2.24) is 0 Å². The summed E-state index contributed by atoms with van der Waals surface area (Å²) in [6, 6.07) is 10.9. The van der Waals surface area contributed by atoms with E-state index in [1.165, 1.54) is 18.2 Å². The van der Waals surface area contributed by atoms with Crippen molar-refractivity contribution in [3.8, 4) is 5.75 Å². The van der Waals surface area contributed by atoms with Crippen molar-refractivity contribution in [2.24, 2.45) is 0 Å². The highest BCUT2D eigenvalue weighted by Gasteiger charge is 2.17. The number of nitro groups is 1. The number of hydrogen-bond donors (Lipinski definition) is 1. The predicted molar refractivity (Wildman–Crippen MR) is 73.4 cm³/mol. The van der Waals surface area contributed by atoms with Crippen LogP contribution in [-0.4, -0.2) is 12.0 Å². The smallest absolute Gasteiger partial charge is 0.295 e. The molecule has 0 unspecified atom stereocenters. The second-order valence-corrected chi connectivity index (χ2v) is 4.09. The van der Waals surface area contributed by atoms with Gasteiger partial charge in [-0.1, -0.05) is 18.2 Å². The number of hydrogen-bond acceptors (Lipinski definition) is 4. The van der Waals surface area contributed by atoms with Crippen LogP contribution in [0.3, 0.4) is 0 Å². The third kappa shape index (κ3) is 3.03. The highest BCUT2D eigenvalue weighted by Crippen LogP contribution is 2.27. The Kier molecular flexibility index (Phi) is 4.14. The van der Waals surface area contributed by atoms with Crippen LogP contribution < -0.4 is 10.1 Å². The van der Waals surface area contributed by atoms with Crippen LogP contribution in [0, 0.1) is 15.9 Å². The molecular weight excluding hydrogens is 263 g/mol. The van der Waals surface area contributed by atoms with Crippen LogP contribution >= 0.6 is 0 Å². The minimum atomic E-state index is -0.646. The maximum atomic E-state index is 13.6. The number of ether oxygens (including phenoxy) is 1. The van der Waals surface area contributed by atoms with E-state index in [-0.39, 0.29) is 17.9 Å². The minimum Gasteiger partial charge on any atom is -0.497 e. The maximum Gasteiger partial charge on any atom is 0.295 e. The average molecular weight is 276 g/mol. The van der Waals surface area contributed by atoms with E-state index < -0.39 is 10.7 Å². The van der Waals surface area contributed by atoms with Gasteiger partial charge in [-0.25, -0.2) is 4.39 Å². The highest BCUT2D eigenvalue weighted by atomic mass is 19.1. The second-order valence-electron chi connectivity index (χ2n) is 4.09. The number of nitrogens with zero attached hydrogens (tertiary/aromatic N) is 1. The van der Waals surface area contributed by atoms with E-state index in [0.29, 0.717) is 5.75 Å². The van der Waals surface area contributed by atoms with E-state index in [9.17, 15) is 14.5 Å². The largest absolute Gasteiger partial charge is 0.497 e. The van der Waals surface area contributed by atoms with Crippen LogP contribution in [0.4, 0.5) is 15.8 Å². The Hall–Kier alpha value is -2.63. The molecule has 1 N–H and O–H groups in total. The molecular formula is C14H13FN2O3. The lowest BCUT2D eigenvalue weighted by molar-refractivity contribution is -0.384. The SMILES string of the molecule is COc1ccc(CNc2c(F)cccc2[N+](=O)[O-])cc1. The zero-order valence-electron chi connectivity index (χ0n) is 10.8. The van der Waals surface area contributed by atoms with Crippen LogP contribution in [0.2, 0.25) is 0 Å². The molecule has 2 rings (SSSR count). The Balaban J connectivity index is 2.16. The zero-order chi connectivity index (χ0) is 14.5. The van der Waals surface area contributed by atoms with E-state index in [1.807, 2.05) is 0 Å². The van der Waals surface area contributed by atoms with Gasteiger partial charge in [-0.15, -0.1) is 0 Å². The minimum absolute atomic E-state index is 0.103. The molecule has 0 heterocycles. The van der Waals surface area contributed by atoms with Gasteiger partial charge in [0.15, 0.2) is 5.82 Å². The number of anilines is 1. The van der Waals surface area contributed by atoms with Crippen LogP contribution in [0.5, 0.6) is 5.75 Å². The van der Waals surface area contributed by atoms with Crippen molar-refractivity contribution in [3.63, 3.8) is 0 Å². The van der Waals surface area contributed by atoms with Crippen molar-refractivity contribution in [2.75, 3.05) is 12.4 Å². The van der Waals surface area contributed by atoms with E-state index >= 15 is 0 Å². The normalized spacial score (nSPS) is 10.1. The predicted octanol–water partition coefficient (Wildman–Crippen LogP) is 3.35. The Labute approximate surface area is 115 Å². The molecule has 0 saturated heterocycles. The van der Waals surface area contributed by atoms with Crippen molar-refractivity contribution in [2.45, 2.75) is 6.54 Å². The van der Waals surface area contributed by atoms with Crippen LogP contribution in [0.15, 0.2) is 42.5 Å². The van der Waals surface area contributed by atoms with Gasteiger partial charge >= 0.3 is 0 Å². The average Bonchev–Trinajstić information content (AvgIpc) is 2.46. The molecule has 0 aromatic heterocycles. The lowest BCUT2D eigenvalue weighted by Gasteiger charge is -2.08. The first-order valence-electron chi connectivity index (χ1n) is 5.91. The zero-order valence-corrected chi connectivity index (χ0v) is 10.8. The molecule has 0 amide bonds. The number of benzene rings is 2. The molecule has 0 aliphatic carbocycles. The summed E-state index contributed by atoms with van der Waals surface area (Å²) in [5.74, 6) is 0.0679. The summed E-state index contributed by atoms with van der Waals surface area (Å²) in [6.07, 6.45) is 0. The third-order valence-corrected chi connectivity index (χ3v) is 2.82. The summed E-state index contributed by atoms with van der Waals surface area (Å²) in [5, 5.41) is 13.6. The summed E-state index contributed by atoms with van der Waals surface area (Å²) in [7, 11) is 1.57. The first kappa shape index (κ1) is 13.8. The quantitative estimate of drug-likeness (QED) is 0.671. The lowest BCUT2D eigenvalue weighted by Crippen LogP contribution is -2.04. The standard InChI is InChI=1S/C14H13FN2O3/c1-20-11-7-5-10(6-8-11)9-16-14-12(15)3-2-4-13(14)17(18)19/h2-8,16H,9H2,1H3. The van der Waals surface area contributed by atoms with E-state index in [1.54, 1.807) is 31.4 Å². The van der Waals surface area contributed by atoms with E-state index in [0.717, 1.165) is 5.56 Å². The molecule has 104 valence electrons. The number of methoxy groups -OCH3 is 1. The summed E-state index contributed by atoms with van der Waals surface area (Å²) in [5.41, 5.74) is 0.482. The van der Waals surface area contributed by atoms with Gasteiger partial charge in [0.1, 0.15) is 11.4 Å². The van der Waals surface area contributed by atoms with E-state index in [4.69, 9.17) is 4.74 Å². The molecule has 0 saturated carbocycles. The van der Waals surface area contributed by atoms with Gasteiger partial charge < -0.3 is 10.1 Å². The van der Waals surface area contributed by atoms with Crippen molar-refractivity contribution in [1.29, 1.82) is 0 Å². The first-order chi connectivity index (χ1) is 9.61. The van der Waals surface area contributed by atoms with Gasteiger partial charge in [0.25, 0.3) is 5.69 Å². The summed E-state index contributed by atoms with van der Waals surface area (Å²) in [4.78, 5) is 10.2. The Morgan fingerprint density at radius 2 is 1.95 bits per heavy atom. The summed E-state index contributed by atoms with van der Waals surface area (Å²) in [6.45, 7) is 0.283. The van der Waals surface area contributed by atoms with Gasteiger partial charge in [0.2, 0.25) is 0 Å². The van der Waals surface area contributed by atoms with Gasteiger partial charge in [0.05, 0.1) is 12.0 Å². The van der Waals surface area contributed by atoms with Crippen LogP contribution in [-0.2, 0) is 6.54 Å². The molecule has 2 aromatic rings. The van der Waals surface area contributed by atoms with Gasteiger partial charge in [-0.2, -0.15) is 0 Å².